The second-order valence-corrected chi connectivity index (χ2v) is 5.26. The minimum atomic E-state index is 0.703. The standard InChI is InChI=1S/C13H28N2/c1-6-12-9-15(11(5)10(3)4)13(7-2)8-14-12/h10-14H,6-9H2,1-5H3. The van der Waals surface area contributed by atoms with E-state index < -0.39 is 0 Å². The molecule has 1 aliphatic heterocycles. The summed E-state index contributed by atoms with van der Waals surface area (Å²) in [5, 5.41) is 3.65. The Labute approximate surface area is 95.4 Å². The van der Waals surface area contributed by atoms with Crippen LogP contribution in [0.5, 0.6) is 0 Å². The molecule has 0 radical (unpaired) electrons. The van der Waals surface area contributed by atoms with E-state index in [4.69, 9.17) is 0 Å². The predicted molar refractivity (Wildman–Crippen MR) is 67.2 cm³/mol. The molecule has 0 bridgehead atoms. The summed E-state index contributed by atoms with van der Waals surface area (Å²) in [6, 6.07) is 2.16. The van der Waals surface area contributed by atoms with Crippen LogP contribution in [0.4, 0.5) is 0 Å². The van der Waals surface area contributed by atoms with Crippen LogP contribution < -0.4 is 5.32 Å². The highest BCUT2D eigenvalue weighted by Gasteiger charge is 2.30. The summed E-state index contributed by atoms with van der Waals surface area (Å²) in [6.45, 7) is 14.0. The average Bonchev–Trinajstić information content (AvgIpc) is 2.27. The largest absolute Gasteiger partial charge is 0.311 e. The van der Waals surface area contributed by atoms with Gasteiger partial charge in [-0.05, 0) is 25.7 Å². The Morgan fingerprint density at radius 1 is 1.20 bits per heavy atom. The van der Waals surface area contributed by atoms with Gasteiger partial charge in [0.25, 0.3) is 0 Å². The molecule has 0 aromatic rings. The Morgan fingerprint density at radius 3 is 2.33 bits per heavy atom. The number of hydrogen-bond acceptors (Lipinski definition) is 2. The first-order valence-corrected chi connectivity index (χ1v) is 6.59. The summed E-state index contributed by atoms with van der Waals surface area (Å²) in [5.41, 5.74) is 0. The van der Waals surface area contributed by atoms with Crippen LogP contribution in [-0.2, 0) is 0 Å². The van der Waals surface area contributed by atoms with Crippen LogP contribution in [0.3, 0.4) is 0 Å². The van der Waals surface area contributed by atoms with Crippen molar-refractivity contribution < 1.29 is 0 Å². The molecule has 1 aliphatic rings. The van der Waals surface area contributed by atoms with Gasteiger partial charge in [0.05, 0.1) is 0 Å². The number of rotatable bonds is 4. The molecular weight excluding hydrogens is 184 g/mol. The molecule has 1 N–H and O–H groups in total. The summed E-state index contributed by atoms with van der Waals surface area (Å²) in [6.07, 6.45) is 2.51. The third-order valence-electron chi connectivity index (χ3n) is 3.99. The quantitative estimate of drug-likeness (QED) is 0.770. The summed E-state index contributed by atoms with van der Waals surface area (Å²) >= 11 is 0. The van der Waals surface area contributed by atoms with Gasteiger partial charge in [-0.15, -0.1) is 0 Å². The Kier molecular flexibility index (Phi) is 5.07. The molecule has 1 saturated heterocycles. The van der Waals surface area contributed by atoms with Gasteiger partial charge in [0, 0.05) is 31.2 Å². The predicted octanol–water partition coefficient (Wildman–Crippen LogP) is 2.49. The second-order valence-electron chi connectivity index (χ2n) is 5.26. The Balaban J connectivity index is 2.62. The van der Waals surface area contributed by atoms with Crippen LogP contribution in [0, 0.1) is 5.92 Å². The molecule has 0 saturated carbocycles. The van der Waals surface area contributed by atoms with Crippen molar-refractivity contribution >= 4 is 0 Å². The number of nitrogens with zero attached hydrogens (tertiary/aromatic N) is 1. The summed E-state index contributed by atoms with van der Waals surface area (Å²) < 4.78 is 0. The van der Waals surface area contributed by atoms with E-state index in [0.29, 0.717) is 12.1 Å². The third kappa shape index (κ3) is 3.18. The van der Waals surface area contributed by atoms with Crippen molar-refractivity contribution in [3.05, 3.63) is 0 Å². The molecule has 1 rings (SSSR count). The van der Waals surface area contributed by atoms with E-state index >= 15 is 0 Å². The van der Waals surface area contributed by atoms with Gasteiger partial charge in [-0.2, -0.15) is 0 Å². The summed E-state index contributed by atoms with van der Waals surface area (Å²) in [5.74, 6) is 0.759. The molecular formula is C13H28N2. The molecule has 3 unspecified atom stereocenters. The van der Waals surface area contributed by atoms with Gasteiger partial charge in [0.15, 0.2) is 0 Å². The molecule has 90 valence electrons. The minimum absolute atomic E-state index is 0.703. The Morgan fingerprint density at radius 2 is 1.87 bits per heavy atom. The first kappa shape index (κ1) is 13.0. The van der Waals surface area contributed by atoms with Crippen molar-refractivity contribution in [2.75, 3.05) is 13.1 Å². The maximum Gasteiger partial charge on any atom is 0.0221 e. The molecule has 0 aromatic carbocycles. The molecule has 0 aromatic heterocycles. The molecule has 2 nitrogen and oxygen atoms in total. The van der Waals surface area contributed by atoms with Crippen LogP contribution in [0.15, 0.2) is 0 Å². The van der Waals surface area contributed by atoms with Crippen molar-refractivity contribution in [1.29, 1.82) is 0 Å². The highest BCUT2D eigenvalue weighted by molar-refractivity contribution is 4.88. The monoisotopic (exact) mass is 212 g/mol. The topological polar surface area (TPSA) is 15.3 Å². The number of hydrogen-bond donors (Lipinski definition) is 1. The zero-order chi connectivity index (χ0) is 11.4. The van der Waals surface area contributed by atoms with E-state index in [2.05, 4.69) is 44.8 Å². The van der Waals surface area contributed by atoms with Crippen LogP contribution in [0.1, 0.15) is 47.5 Å². The Hall–Kier alpha value is -0.0800. The summed E-state index contributed by atoms with van der Waals surface area (Å²) in [4.78, 5) is 2.72. The van der Waals surface area contributed by atoms with E-state index in [-0.39, 0.29) is 0 Å². The molecule has 2 heteroatoms. The van der Waals surface area contributed by atoms with Crippen molar-refractivity contribution in [3.63, 3.8) is 0 Å². The van der Waals surface area contributed by atoms with Gasteiger partial charge in [-0.3, -0.25) is 4.90 Å². The maximum atomic E-state index is 3.65. The Bertz CT molecular complexity index is 177. The molecule has 0 spiro atoms. The number of nitrogens with one attached hydrogen (secondary N) is 1. The lowest BCUT2D eigenvalue weighted by atomic mass is 9.97. The van der Waals surface area contributed by atoms with Crippen molar-refractivity contribution in [2.24, 2.45) is 5.92 Å². The molecule has 1 fully saturated rings. The molecule has 3 atom stereocenters. The highest BCUT2D eigenvalue weighted by Crippen LogP contribution is 2.19. The fourth-order valence-corrected chi connectivity index (χ4v) is 2.42. The zero-order valence-electron chi connectivity index (χ0n) is 11.1. The minimum Gasteiger partial charge on any atom is -0.311 e. The van der Waals surface area contributed by atoms with E-state index in [1.807, 2.05) is 0 Å². The lowest BCUT2D eigenvalue weighted by Gasteiger charge is -2.44. The second kappa shape index (κ2) is 5.86. The molecule has 0 aliphatic carbocycles. The van der Waals surface area contributed by atoms with Crippen molar-refractivity contribution in [1.82, 2.24) is 10.2 Å². The fraction of sp³-hybridized carbons (Fsp3) is 1.00. The van der Waals surface area contributed by atoms with E-state index in [0.717, 1.165) is 12.0 Å². The third-order valence-corrected chi connectivity index (χ3v) is 3.99. The van der Waals surface area contributed by atoms with Crippen LogP contribution >= 0.6 is 0 Å². The fourth-order valence-electron chi connectivity index (χ4n) is 2.42. The van der Waals surface area contributed by atoms with Crippen molar-refractivity contribution in [3.8, 4) is 0 Å². The SMILES string of the molecule is CCC1CN(C(C)C(C)C)C(CC)CN1. The first-order chi connectivity index (χ1) is 7.10. The van der Waals surface area contributed by atoms with E-state index in [1.165, 1.54) is 25.9 Å². The smallest absolute Gasteiger partial charge is 0.0221 e. The van der Waals surface area contributed by atoms with Gasteiger partial charge >= 0.3 is 0 Å². The average molecular weight is 212 g/mol. The van der Waals surface area contributed by atoms with Crippen LogP contribution in [0.2, 0.25) is 0 Å². The lowest BCUT2D eigenvalue weighted by molar-refractivity contribution is 0.0643. The highest BCUT2D eigenvalue weighted by atomic mass is 15.3. The summed E-state index contributed by atoms with van der Waals surface area (Å²) in [7, 11) is 0. The maximum absolute atomic E-state index is 3.65. The van der Waals surface area contributed by atoms with E-state index in [1.54, 1.807) is 0 Å². The van der Waals surface area contributed by atoms with E-state index in [9.17, 15) is 0 Å². The van der Waals surface area contributed by atoms with Crippen LogP contribution in [-0.4, -0.2) is 36.1 Å². The first-order valence-electron chi connectivity index (χ1n) is 6.59. The van der Waals surface area contributed by atoms with Gasteiger partial charge in [-0.25, -0.2) is 0 Å². The van der Waals surface area contributed by atoms with Crippen LogP contribution in [0.25, 0.3) is 0 Å². The molecule has 0 amide bonds. The normalized spacial score (nSPS) is 30.8. The van der Waals surface area contributed by atoms with Gasteiger partial charge in [-0.1, -0.05) is 27.7 Å². The van der Waals surface area contributed by atoms with Gasteiger partial charge in [0.2, 0.25) is 0 Å². The molecule has 1 heterocycles. The number of piperazine rings is 1. The van der Waals surface area contributed by atoms with Gasteiger partial charge < -0.3 is 5.32 Å². The zero-order valence-corrected chi connectivity index (χ0v) is 11.1. The molecule has 15 heavy (non-hydrogen) atoms. The van der Waals surface area contributed by atoms with Gasteiger partial charge in [0.1, 0.15) is 0 Å². The van der Waals surface area contributed by atoms with Crippen molar-refractivity contribution in [2.45, 2.75) is 65.6 Å². The lowest BCUT2D eigenvalue weighted by Crippen LogP contribution is -2.59.